The monoisotopic (exact) mass is 423 g/mol. The van der Waals surface area contributed by atoms with E-state index in [1.807, 2.05) is 61.5 Å². The molecule has 1 atom stereocenters. The predicted octanol–water partition coefficient (Wildman–Crippen LogP) is 2.04. The number of aromatic nitrogens is 2. The van der Waals surface area contributed by atoms with Crippen molar-refractivity contribution in [1.29, 1.82) is 0 Å². The number of aryl methyl sites for hydroxylation is 1. The van der Waals surface area contributed by atoms with E-state index in [0.717, 1.165) is 22.4 Å². The molecule has 1 heterocycles. The first-order valence-corrected chi connectivity index (χ1v) is 10.0. The van der Waals surface area contributed by atoms with Crippen LogP contribution in [0.5, 0.6) is 0 Å². The molecule has 1 aromatic heterocycles. The molecule has 0 bridgehead atoms. The molecule has 8 heteroatoms. The molecule has 1 N–H and O–H groups in total. The quantitative estimate of drug-likeness (QED) is 0.529. The third kappa shape index (κ3) is 5.69. The van der Waals surface area contributed by atoms with Gasteiger partial charge in [0, 0.05) is 12.8 Å². The Hall–Kier alpha value is -3.68. The minimum Gasteiger partial charge on any atom is -0.467 e. The van der Waals surface area contributed by atoms with Crippen LogP contribution < -0.4 is 5.32 Å². The second kappa shape index (κ2) is 10.4. The number of hydrogen-bond donors (Lipinski definition) is 1. The van der Waals surface area contributed by atoms with Crippen molar-refractivity contribution in [2.75, 3.05) is 13.7 Å². The Balaban J connectivity index is 1.58. The zero-order valence-corrected chi connectivity index (χ0v) is 17.5. The van der Waals surface area contributed by atoms with Crippen molar-refractivity contribution in [3.8, 4) is 0 Å². The Morgan fingerprint density at radius 1 is 1.06 bits per heavy atom. The first-order chi connectivity index (χ1) is 15.0. The van der Waals surface area contributed by atoms with Crippen molar-refractivity contribution < 1.29 is 23.9 Å². The van der Waals surface area contributed by atoms with Gasteiger partial charge in [-0.1, -0.05) is 49.4 Å². The molecular formula is C23H25N3O5. The van der Waals surface area contributed by atoms with E-state index in [1.54, 1.807) is 4.57 Å². The van der Waals surface area contributed by atoms with Crippen LogP contribution in [-0.2, 0) is 43.2 Å². The molecule has 31 heavy (non-hydrogen) atoms. The van der Waals surface area contributed by atoms with E-state index in [9.17, 15) is 14.4 Å². The van der Waals surface area contributed by atoms with Gasteiger partial charge < -0.3 is 19.4 Å². The summed E-state index contributed by atoms with van der Waals surface area (Å²) < 4.78 is 11.7. The Kier molecular flexibility index (Phi) is 7.37. The molecule has 3 aromatic rings. The summed E-state index contributed by atoms with van der Waals surface area (Å²) in [6.45, 7) is 1.41. The van der Waals surface area contributed by atoms with E-state index in [-0.39, 0.29) is 13.0 Å². The summed E-state index contributed by atoms with van der Waals surface area (Å²) in [5.41, 5.74) is 2.50. The summed E-state index contributed by atoms with van der Waals surface area (Å²) in [7, 11) is 1.26. The molecule has 0 radical (unpaired) electrons. The maximum absolute atomic E-state index is 12.4. The molecule has 0 spiro atoms. The van der Waals surface area contributed by atoms with Crippen LogP contribution in [-0.4, -0.2) is 47.2 Å². The third-order valence-corrected chi connectivity index (χ3v) is 4.80. The van der Waals surface area contributed by atoms with Gasteiger partial charge in [0.15, 0.2) is 6.61 Å². The maximum Gasteiger partial charge on any atom is 0.328 e. The highest BCUT2D eigenvalue weighted by Crippen LogP contribution is 2.16. The summed E-state index contributed by atoms with van der Waals surface area (Å²) in [5, 5.41) is 2.57. The fraction of sp³-hybridized carbons (Fsp3) is 0.304. The van der Waals surface area contributed by atoms with E-state index in [1.165, 1.54) is 7.11 Å². The lowest BCUT2D eigenvalue weighted by molar-refractivity contribution is -0.150. The van der Waals surface area contributed by atoms with Gasteiger partial charge in [0.25, 0.3) is 5.91 Å². The molecule has 8 nitrogen and oxygen atoms in total. The molecule has 1 amide bonds. The fourth-order valence-corrected chi connectivity index (χ4v) is 3.31. The van der Waals surface area contributed by atoms with Gasteiger partial charge in [-0.2, -0.15) is 0 Å². The lowest BCUT2D eigenvalue weighted by atomic mass is 10.1. The van der Waals surface area contributed by atoms with Crippen LogP contribution in [0.15, 0.2) is 54.6 Å². The maximum atomic E-state index is 12.4. The molecule has 0 aliphatic carbocycles. The molecule has 0 aliphatic rings. The van der Waals surface area contributed by atoms with Gasteiger partial charge >= 0.3 is 11.9 Å². The number of rotatable bonds is 9. The molecule has 1 unspecified atom stereocenters. The van der Waals surface area contributed by atoms with Gasteiger partial charge in [-0.25, -0.2) is 9.78 Å². The molecule has 0 fully saturated rings. The van der Waals surface area contributed by atoms with E-state index in [2.05, 4.69) is 10.3 Å². The van der Waals surface area contributed by atoms with Crippen LogP contribution in [0, 0.1) is 0 Å². The van der Waals surface area contributed by atoms with Crippen LogP contribution in [0.4, 0.5) is 0 Å². The van der Waals surface area contributed by atoms with Crippen LogP contribution in [0.2, 0.25) is 0 Å². The van der Waals surface area contributed by atoms with Crippen molar-refractivity contribution in [2.24, 2.45) is 0 Å². The van der Waals surface area contributed by atoms with E-state index >= 15 is 0 Å². The number of methoxy groups -OCH3 is 1. The zero-order chi connectivity index (χ0) is 22.2. The number of esters is 2. The van der Waals surface area contributed by atoms with Crippen LogP contribution in [0.1, 0.15) is 18.3 Å². The molecule has 2 aromatic carbocycles. The minimum absolute atomic E-state index is 0.0542. The minimum atomic E-state index is -0.872. The summed E-state index contributed by atoms with van der Waals surface area (Å²) in [4.78, 5) is 41.2. The number of nitrogens with one attached hydrogen (secondary N) is 1. The standard InChI is InChI=1S/C23H25N3O5/c1-3-20-24-17-11-7-8-12-19(17)26(20)14-22(28)31-15-21(27)25-18(23(29)30-2)13-16-9-5-4-6-10-16/h4-12,18H,3,13-15H2,1-2H3,(H,25,27). The second-order valence-electron chi connectivity index (χ2n) is 6.95. The fourth-order valence-electron chi connectivity index (χ4n) is 3.31. The van der Waals surface area contributed by atoms with Crippen LogP contribution in [0.25, 0.3) is 11.0 Å². The first-order valence-electron chi connectivity index (χ1n) is 10.0. The Morgan fingerprint density at radius 3 is 2.48 bits per heavy atom. The number of hydrogen-bond acceptors (Lipinski definition) is 6. The number of amides is 1. The summed E-state index contributed by atoms with van der Waals surface area (Å²) in [5.74, 6) is -0.950. The Morgan fingerprint density at radius 2 is 1.77 bits per heavy atom. The lowest BCUT2D eigenvalue weighted by Gasteiger charge is -2.16. The smallest absolute Gasteiger partial charge is 0.328 e. The average Bonchev–Trinajstić information content (AvgIpc) is 3.15. The second-order valence-corrected chi connectivity index (χ2v) is 6.95. The summed E-state index contributed by atoms with van der Waals surface area (Å²) in [6.07, 6.45) is 0.927. The Labute approximate surface area is 180 Å². The highest BCUT2D eigenvalue weighted by molar-refractivity contribution is 5.86. The molecular weight excluding hydrogens is 398 g/mol. The van der Waals surface area contributed by atoms with E-state index in [4.69, 9.17) is 9.47 Å². The van der Waals surface area contributed by atoms with Gasteiger partial charge in [-0.3, -0.25) is 9.59 Å². The van der Waals surface area contributed by atoms with Crippen LogP contribution in [0.3, 0.4) is 0 Å². The van der Waals surface area contributed by atoms with Crippen molar-refractivity contribution in [3.63, 3.8) is 0 Å². The molecule has 162 valence electrons. The van der Waals surface area contributed by atoms with Crippen molar-refractivity contribution in [2.45, 2.75) is 32.4 Å². The van der Waals surface area contributed by atoms with Crippen LogP contribution >= 0.6 is 0 Å². The number of para-hydroxylation sites is 2. The van der Waals surface area contributed by atoms with Gasteiger partial charge in [0.05, 0.1) is 18.1 Å². The lowest BCUT2D eigenvalue weighted by Crippen LogP contribution is -2.44. The number of benzene rings is 2. The van der Waals surface area contributed by atoms with Crippen molar-refractivity contribution in [3.05, 3.63) is 66.0 Å². The van der Waals surface area contributed by atoms with Crippen molar-refractivity contribution in [1.82, 2.24) is 14.9 Å². The average molecular weight is 423 g/mol. The third-order valence-electron chi connectivity index (χ3n) is 4.80. The summed E-state index contributed by atoms with van der Waals surface area (Å²) >= 11 is 0. The number of nitrogens with zero attached hydrogens (tertiary/aromatic N) is 2. The topological polar surface area (TPSA) is 99.5 Å². The Bertz CT molecular complexity index is 1060. The van der Waals surface area contributed by atoms with E-state index < -0.39 is 30.5 Å². The molecule has 0 aliphatic heterocycles. The highest BCUT2D eigenvalue weighted by atomic mass is 16.5. The van der Waals surface area contributed by atoms with Crippen molar-refractivity contribution >= 4 is 28.9 Å². The predicted molar refractivity (Wildman–Crippen MR) is 114 cm³/mol. The normalized spacial score (nSPS) is 11.7. The number of ether oxygens (including phenoxy) is 2. The van der Waals surface area contributed by atoms with Gasteiger partial charge in [-0.05, 0) is 17.7 Å². The zero-order valence-electron chi connectivity index (χ0n) is 17.5. The highest BCUT2D eigenvalue weighted by Gasteiger charge is 2.23. The number of carbonyl (C=O) groups excluding carboxylic acids is 3. The van der Waals surface area contributed by atoms with E-state index in [0.29, 0.717) is 6.42 Å². The molecule has 0 saturated heterocycles. The van der Waals surface area contributed by atoms with Gasteiger partial charge in [0.2, 0.25) is 0 Å². The SMILES string of the molecule is CCc1nc2ccccc2n1CC(=O)OCC(=O)NC(Cc1ccccc1)C(=O)OC. The van der Waals surface area contributed by atoms with Gasteiger partial charge in [-0.15, -0.1) is 0 Å². The van der Waals surface area contributed by atoms with Gasteiger partial charge in [0.1, 0.15) is 18.4 Å². The molecule has 3 rings (SSSR count). The number of imidazole rings is 1. The number of fused-ring (bicyclic) bond motifs is 1. The largest absolute Gasteiger partial charge is 0.467 e. The first kappa shape index (κ1) is 22.0. The summed E-state index contributed by atoms with van der Waals surface area (Å²) in [6, 6.07) is 15.9. The molecule has 0 saturated carbocycles. The number of carbonyl (C=O) groups is 3.